The molecular formula is C14H20N2O6. The van der Waals surface area contributed by atoms with Gasteiger partial charge in [-0.3, -0.25) is 4.79 Å². The van der Waals surface area contributed by atoms with E-state index < -0.39 is 36.9 Å². The van der Waals surface area contributed by atoms with Crippen LogP contribution in [0.3, 0.4) is 0 Å². The second-order valence-electron chi connectivity index (χ2n) is 4.70. The quantitative estimate of drug-likeness (QED) is 0.237. The van der Waals surface area contributed by atoms with E-state index in [1.165, 1.54) is 0 Å². The molecule has 0 bridgehead atoms. The lowest BCUT2D eigenvalue weighted by molar-refractivity contribution is -0.120. The minimum Gasteiger partial charge on any atom is -0.394 e. The normalized spacial score (nSPS) is 17.0. The summed E-state index contributed by atoms with van der Waals surface area (Å²) in [7, 11) is 0. The predicted molar refractivity (Wildman–Crippen MR) is 77.9 cm³/mol. The molecule has 0 aliphatic heterocycles. The molecule has 122 valence electrons. The molecule has 8 nitrogen and oxygen atoms in total. The highest BCUT2D eigenvalue weighted by Gasteiger charge is 2.29. The fourth-order valence-electron chi connectivity index (χ4n) is 1.63. The zero-order valence-corrected chi connectivity index (χ0v) is 11.8. The van der Waals surface area contributed by atoms with Crippen molar-refractivity contribution in [3.8, 4) is 0 Å². The maximum absolute atomic E-state index is 11.6. The molecule has 0 aliphatic carbocycles. The molecule has 1 aromatic carbocycles. The number of hydrazone groups is 1. The Kier molecular flexibility index (Phi) is 7.64. The van der Waals surface area contributed by atoms with Gasteiger partial charge in [-0.1, -0.05) is 30.3 Å². The van der Waals surface area contributed by atoms with Crippen LogP contribution in [0.5, 0.6) is 0 Å². The Morgan fingerprint density at radius 1 is 1.14 bits per heavy atom. The van der Waals surface area contributed by atoms with Gasteiger partial charge in [-0.25, -0.2) is 5.43 Å². The van der Waals surface area contributed by atoms with Crippen LogP contribution in [0, 0.1) is 0 Å². The highest BCUT2D eigenvalue weighted by Crippen LogP contribution is 2.03. The van der Waals surface area contributed by atoms with Crippen molar-refractivity contribution in [1.82, 2.24) is 5.43 Å². The topological polar surface area (TPSA) is 143 Å². The summed E-state index contributed by atoms with van der Waals surface area (Å²) in [5.74, 6) is -0.417. The molecule has 0 aliphatic rings. The van der Waals surface area contributed by atoms with Gasteiger partial charge >= 0.3 is 0 Å². The Labute approximate surface area is 127 Å². The van der Waals surface area contributed by atoms with Crippen LogP contribution in [0.1, 0.15) is 5.56 Å². The van der Waals surface area contributed by atoms with E-state index in [1.54, 1.807) is 24.3 Å². The first-order chi connectivity index (χ1) is 10.5. The van der Waals surface area contributed by atoms with Crippen molar-refractivity contribution in [1.29, 1.82) is 0 Å². The minimum atomic E-state index is -1.75. The average molecular weight is 312 g/mol. The van der Waals surface area contributed by atoms with Crippen LogP contribution in [-0.2, 0) is 11.2 Å². The van der Waals surface area contributed by atoms with Crippen molar-refractivity contribution in [2.24, 2.45) is 5.10 Å². The third-order valence-corrected chi connectivity index (χ3v) is 2.91. The van der Waals surface area contributed by atoms with Gasteiger partial charge in [0.25, 0.3) is 0 Å². The van der Waals surface area contributed by atoms with Gasteiger partial charge in [-0.15, -0.1) is 0 Å². The van der Waals surface area contributed by atoms with Crippen molar-refractivity contribution in [2.75, 3.05) is 6.61 Å². The lowest BCUT2D eigenvalue weighted by Crippen LogP contribution is -2.46. The fraction of sp³-hybridized carbons (Fsp3) is 0.429. The predicted octanol–water partition coefficient (Wildman–Crippen LogP) is -2.23. The number of carbonyl (C=O) groups is 1. The summed E-state index contributed by atoms with van der Waals surface area (Å²) >= 11 is 0. The number of aliphatic hydroxyl groups excluding tert-OH is 5. The minimum absolute atomic E-state index is 0.0999. The molecule has 4 unspecified atom stereocenters. The van der Waals surface area contributed by atoms with Crippen molar-refractivity contribution in [3.63, 3.8) is 0 Å². The van der Waals surface area contributed by atoms with E-state index in [4.69, 9.17) is 10.2 Å². The highest BCUT2D eigenvalue weighted by molar-refractivity contribution is 5.79. The summed E-state index contributed by atoms with van der Waals surface area (Å²) < 4.78 is 0. The monoisotopic (exact) mass is 312 g/mol. The van der Waals surface area contributed by atoms with Crippen molar-refractivity contribution < 1.29 is 30.3 Å². The van der Waals surface area contributed by atoms with Gasteiger partial charge in [-0.05, 0) is 5.56 Å². The van der Waals surface area contributed by atoms with E-state index in [-0.39, 0.29) is 6.42 Å². The summed E-state index contributed by atoms with van der Waals surface area (Å²) in [4.78, 5) is 11.6. The van der Waals surface area contributed by atoms with Gasteiger partial charge in [0.2, 0.25) is 5.91 Å². The van der Waals surface area contributed by atoms with Crippen LogP contribution in [0.15, 0.2) is 35.4 Å². The summed E-state index contributed by atoms with van der Waals surface area (Å²) in [6.45, 7) is -0.768. The van der Waals surface area contributed by atoms with Crippen molar-refractivity contribution in [2.45, 2.75) is 30.8 Å². The molecule has 0 spiro atoms. The number of hydrogen-bond acceptors (Lipinski definition) is 7. The Morgan fingerprint density at radius 2 is 1.77 bits per heavy atom. The third-order valence-electron chi connectivity index (χ3n) is 2.91. The molecule has 1 rings (SSSR count). The molecule has 0 aromatic heterocycles. The molecule has 0 radical (unpaired) electrons. The first-order valence-electron chi connectivity index (χ1n) is 6.64. The Morgan fingerprint density at radius 3 is 2.36 bits per heavy atom. The van der Waals surface area contributed by atoms with E-state index in [9.17, 15) is 20.1 Å². The average Bonchev–Trinajstić information content (AvgIpc) is 2.53. The molecule has 1 aromatic rings. The number of nitrogens with one attached hydrogen (secondary N) is 1. The number of amides is 1. The number of benzene rings is 1. The zero-order valence-electron chi connectivity index (χ0n) is 11.8. The van der Waals surface area contributed by atoms with Gasteiger partial charge in [0.05, 0.1) is 19.2 Å². The Bertz CT molecular complexity index is 481. The number of aliphatic hydroxyl groups is 5. The summed E-state index contributed by atoms with van der Waals surface area (Å²) in [6, 6.07) is 8.95. The number of rotatable bonds is 8. The molecule has 0 fully saturated rings. The molecular weight excluding hydrogens is 292 g/mol. The zero-order chi connectivity index (χ0) is 16.5. The summed E-state index contributed by atoms with van der Waals surface area (Å²) in [6.07, 6.45) is -5.79. The van der Waals surface area contributed by atoms with Gasteiger partial charge in [0, 0.05) is 0 Å². The van der Waals surface area contributed by atoms with Gasteiger partial charge in [-0.2, -0.15) is 5.10 Å². The second-order valence-corrected chi connectivity index (χ2v) is 4.70. The first-order valence-corrected chi connectivity index (χ1v) is 6.64. The van der Waals surface area contributed by atoms with E-state index in [1.807, 2.05) is 6.07 Å². The van der Waals surface area contributed by atoms with E-state index in [0.717, 1.165) is 11.8 Å². The van der Waals surface area contributed by atoms with Gasteiger partial charge < -0.3 is 25.5 Å². The van der Waals surface area contributed by atoms with Crippen molar-refractivity contribution in [3.05, 3.63) is 35.9 Å². The third kappa shape index (κ3) is 5.88. The van der Waals surface area contributed by atoms with Crippen LogP contribution < -0.4 is 5.43 Å². The largest absolute Gasteiger partial charge is 0.394 e. The van der Waals surface area contributed by atoms with E-state index >= 15 is 0 Å². The van der Waals surface area contributed by atoms with Crippen molar-refractivity contribution >= 4 is 12.1 Å². The Balaban J connectivity index is 2.42. The molecule has 0 saturated heterocycles. The fourth-order valence-corrected chi connectivity index (χ4v) is 1.63. The first kappa shape index (κ1) is 18.2. The maximum atomic E-state index is 11.6. The van der Waals surface area contributed by atoms with E-state index in [0.29, 0.717) is 0 Å². The number of carbonyl (C=O) groups excluding carboxylic acids is 1. The van der Waals surface area contributed by atoms with Crippen LogP contribution >= 0.6 is 0 Å². The molecule has 4 atom stereocenters. The van der Waals surface area contributed by atoms with Crippen LogP contribution in [-0.4, -0.2) is 68.7 Å². The Hall–Kier alpha value is -1.84. The molecule has 22 heavy (non-hydrogen) atoms. The van der Waals surface area contributed by atoms with Crippen LogP contribution in [0.4, 0.5) is 0 Å². The SMILES string of the molecule is O=C(Cc1ccccc1)N/N=C/C(O)C(O)C(O)C(O)CO. The summed E-state index contributed by atoms with van der Waals surface area (Å²) in [5.41, 5.74) is 2.95. The highest BCUT2D eigenvalue weighted by atomic mass is 16.4. The number of nitrogens with zero attached hydrogens (tertiary/aromatic N) is 1. The molecule has 1 amide bonds. The van der Waals surface area contributed by atoms with Gasteiger partial charge in [0.1, 0.15) is 24.4 Å². The van der Waals surface area contributed by atoms with Gasteiger partial charge in [0.15, 0.2) is 0 Å². The smallest absolute Gasteiger partial charge is 0.244 e. The maximum Gasteiger partial charge on any atom is 0.244 e. The second kappa shape index (κ2) is 9.23. The molecule has 8 heteroatoms. The van der Waals surface area contributed by atoms with Crippen LogP contribution in [0.25, 0.3) is 0 Å². The standard InChI is InChI=1S/C14H20N2O6/c17-8-11(19)14(22)13(21)10(18)7-15-16-12(20)6-9-4-2-1-3-5-9/h1-5,7,10-11,13-14,17-19,21-22H,6,8H2,(H,16,20)/b15-7+. The molecule has 6 N–H and O–H groups in total. The number of hydrogen-bond donors (Lipinski definition) is 6. The lowest BCUT2D eigenvalue weighted by Gasteiger charge is -2.23. The summed E-state index contributed by atoms with van der Waals surface area (Å²) in [5, 5.41) is 49.7. The molecule has 0 saturated carbocycles. The molecule has 0 heterocycles. The lowest BCUT2D eigenvalue weighted by atomic mass is 10.0. The van der Waals surface area contributed by atoms with Crippen LogP contribution in [0.2, 0.25) is 0 Å². The van der Waals surface area contributed by atoms with E-state index in [2.05, 4.69) is 10.5 Å².